The molecule has 2 heteroatoms. The van der Waals surface area contributed by atoms with Crippen molar-refractivity contribution in [1.29, 1.82) is 0 Å². The number of rotatable bonds is 3. The second-order valence-electron chi connectivity index (χ2n) is 6.59. The zero-order chi connectivity index (χ0) is 13.9. The first kappa shape index (κ1) is 14.1. The van der Waals surface area contributed by atoms with E-state index < -0.39 is 0 Å². The van der Waals surface area contributed by atoms with Gasteiger partial charge in [-0.1, -0.05) is 44.5 Å². The van der Waals surface area contributed by atoms with Gasteiger partial charge >= 0.3 is 0 Å². The number of fused-ring (bicyclic) bond motifs is 1. The molecule has 0 aromatic heterocycles. The standard InChI is InChI=1S/C18H28N2/c1-3-14-8-9-17(13(14)2)20-18-10-11-19-12-15-6-4-5-7-16(15)18/h4-7,13-14,17-20H,3,8-12H2,1-2H3. The minimum Gasteiger partial charge on any atom is -0.313 e. The van der Waals surface area contributed by atoms with Crippen molar-refractivity contribution in [1.82, 2.24) is 10.6 Å². The van der Waals surface area contributed by atoms with E-state index in [-0.39, 0.29) is 0 Å². The smallest absolute Gasteiger partial charge is 0.0338 e. The van der Waals surface area contributed by atoms with Gasteiger partial charge in [0.1, 0.15) is 0 Å². The predicted molar refractivity (Wildman–Crippen MR) is 84.6 cm³/mol. The topological polar surface area (TPSA) is 24.1 Å². The van der Waals surface area contributed by atoms with Crippen LogP contribution in [0.2, 0.25) is 0 Å². The first-order valence-electron chi connectivity index (χ1n) is 8.34. The van der Waals surface area contributed by atoms with E-state index in [0.717, 1.165) is 24.9 Å². The van der Waals surface area contributed by atoms with Gasteiger partial charge in [0.2, 0.25) is 0 Å². The van der Waals surface area contributed by atoms with Crippen molar-refractivity contribution in [2.45, 2.75) is 58.2 Å². The van der Waals surface area contributed by atoms with Gasteiger partial charge in [-0.3, -0.25) is 0 Å². The molecule has 0 radical (unpaired) electrons. The average molecular weight is 272 g/mol. The van der Waals surface area contributed by atoms with Crippen LogP contribution in [0.1, 0.15) is 56.7 Å². The van der Waals surface area contributed by atoms with E-state index in [9.17, 15) is 0 Å². The van der Waals surface area contributed by atoms with E-state index >= 15 is 0 Å². The van der Waals surface area contributed by atoms with Crippen molar-refractivity contribution in [3.8, 4) is 0 Å². The van der Waals surface area contributed by atoms with Gasteiger partial charge in [0.05, 0.1) is 0 Å². The normalized spacial score (nSPS) is 33.7. The summed E-state index contributed by atoms with van der Waals surface area (Å²) in [5, 5.41) is 7.54. The van der Waals surface area contributed by atoms with Crippen LogP contribution in [-0.2, 0) is 6.54 Å². The molecule has 2 N–H and O–H groups in total. The minimum absolute atomic E-state index is 0.532. The van der Waals surface area contributed by atoms with E-state index in [2.05, 4.69) is 48.7 Å². The molecule has 3 rings (SSSR count). The van der Waals surface area contributed by atoms with E-state index in [1.807, 2.05) is 0 Å². The molecule has 0 amide bonds. The Balaban J connectivity index is 1.74. The SMILES string of the molecule is CCC1CCC(NC2CCNCc3ccccc32)C1C. The summed E-state index contributed by atoms with van der Waals surface area (Å²) < 4.78 is 0. The summed E-state index contributed by atoms with van der Waals surface area (Å²) in [4.78, 5) is 0. The maximum absolute atomic E-state index is 3.99. The predicted octanol–water partition coefficient (Wildman–Crippen LogP) is 3.64. The van der Waals surface area contributed by atoms with E-state index in [0.29, 0.717) is 12.1 Å². The first-order valence-corrected chi connectivity index (χ1v) is 8.34. The van der Waals surface area contributed by atoms with Gasteiger partial charge in [0, 0.05) is 18.6 Å². The monoisotopic (exact) mass is 272 g/mol. The molecule has 0 saturated heterocycles. The molecule has 1 aliphatic heterocycles. The van der Waals surface area contributed by atoms with Crippen LogP contribution in [0.3, 0.4) is 0 Å². The number of nitrogens with one attached hydrogen (secondary N) is 2. The Morgan fingerprint density at radius 2 is 2.05 bits per heavy atom. The summed E-state index contributed by atoms with van der Waals surface area (Å²) in [6, 6.07) is 10.2. The first-order chi connectivity index (χ1) is 9.79. The summed E-state index contributed by atoms with van der Waals surface area (Å²) in [5.41, 5.74) is 2.99. The molecular formula is C18H28N2. The van der Waals surface area contributed by atoms with E-state index in [4.69, 9.17) is 0 Å². The average Bonchev–Trinajstić information content (AvgIpc) is 2.70. The van der Waals surface area contributed by atoms with Crippen LogP contribution in [0.25, 0.3) is 0 Å². The molecule has 1 aromatic rings. The molecule has 1 fully saturated rings. The van der Waals surface area contributed by atoms with Gasteiger partial charge in [0.25, 0.3) is 0 Å². The highest BCUT2D eigenvalue weighted by atomic mass is 15.0. The van der Waals surface area contributed by atoms with E-state index in [1.54, 1.807) is 0 Å². The van der Waals surface area contributed by atoms with Crippen LogP contribution in [-0.4, -0.2) is 12.6 Å². The Labute approximate surface area is 123 Å². The Morgan fingerprint density at radius 1 is 1.20 bits per heavy atom. The van der Waals surface area contributed by atoms with Gasteiger partial charge in [-0.25, -0.2) is 0 Å². The molecule has 4 atom stereocenters. The molecule has 1 heterocycles. The zero-order valence-electron chi connectivity index (χ0n) is 12.9. The molecule has 1 aromatic carbocycles. The van der Waals surface area contributed by atoms with Crippen molar-refractivity contribution >= 4 is 0 Å². The zero-order valence-corrected chi connectivity index (χ0v) is 12.9. The van der Waals surface area contributed by atoms with Crippen molar-refractivity contribution in [3.05, 3.63) is 35.4 Å². The highest BCUT2D eigenvalue weighted by molar-refractivity contribution is 5.31. The van der Waals surface area contributed by atoms with Crippen molar-refractivity contribution in [3.63, 3.8) is 0 Å². The number of benzene rings is 1. The maximum atomic E-state index is 3.99. The molecule has 1 aliphatic carbocycles. The molecule has 1 saturated carbocycles. The summed E-state index contributed by atoms with van der Waals surface area (Å²) in [5.74, 6) is 1.75. The van der Waals surface area contributed by atoms with Gasteiger partial charge in [-0.2, -0.15) is 0 Å². The van der Waals surface area contributed by atoms with Gasteiger partial charge in [-0.05, 0) is 48.8 Å². The molecular weight excluding hydrogens is 244 g/mol. The van der Waals surface area contributed by atoms with Crippen molar-refractivity contribution in [2.75, 3.05) is 6.54 Å². The third kappa shape index (κ3) is 2.77. The molecule has 110 valence electrons. The van der Waals surface area contributed by atoms with Crippen LogP contribution in [0.15, 0.2) is 24.3 Å². The lowest BCUT2D eigenvalue weighted by Gasteiger charge is -2.27. The van der Waals surface area contributed by atoms with Gasteiger partial charge in [-0.15, -0.1) is 0 Å². The number of hydrogen-bond donors (Lipinski definition) is 2. The fraction of sp³-hybridized carbons (Fsp3) is 0.667. The van der Waals surface area contributed by atoms with Crippen LogP contribution in [0.4, 0.5) is 0 Å². The minimum atomic E-state index is 0.532. The summed E-state index contributed by atoms with van der Waals surface area (Å²) >= 11 is 0. The van der Waals surface area contributed by atoms with Crippen LogP contribution in [0, 0.1) is 11.8 Å². The molecule has 2 aliphatic rings. The van der Waals surface area contributed by atoms with Crippen molar-refractivity contribution in [2.24, 2.45) is 11.8 Å². The van der Waals surface area contributed by atoms with Crippen LogP contribution >= 0.6 is 0 Å². The Bertz CT molecular complexity index is 443. The lowest BCUT2D eigenvalue weighted by molar-refractivity contribution is 0.316. The third-order valence-electron chi connectivity index (χ3n) is 5.52. The number of hydrogen-bond acceptors (Lipinski definition) is 2. The summed E-state index contributed by atoms with van der Waals surface area (Å²) in [7, 11) is 0. The highest BCUT2D eigenvalue weighted by Gasteiger charge is 2.33. The molecule has 20 heavy (non-hydrogen) atoms. The molecule has 2 nitrogen and oxygen atoms in total. The van der Waals surface area contributed by atoms with Crippen LogP contribution < -0.4 is 10.6 Å². The van der Waals surface area contributed by atoms with Gasteiger partial charge in [0.15, 0.2) is 0 Å². The summed E-state index contributed by atoms with van der Waals surface area (Å²) in [6.07, 6.45) is 5.30. The maximum Gasteiger partial charge on any atom is 0.0338 e. The largest absolute Gasteiger partial charge is 0.313 e. The lowest BCUT2D eigenvalue weighted by atomic mass is 9.92. The van der Waals surface area contributed by atoms with Crippen molar-refractivity contribution < 1.29 is 0 Å². The molecule has 0 bridgehead atoms. The Hall–Kier alpha value is -0.860. The molecule has 4 unspecified atom stereocenters. The van der Waals surface area contributed by atoms with E-state index in [1.165, 1.54) is 36.8 Å². The lowest BCUT2D eigenvalue weighted by Crippen LogP contribution is -2.36. The second kappa shape index (κ2) is 6.28. The molecule has 0 spiro atoms. The fourth-order valence-electron chi connectivity index (χ4n) is 4.15. The van der Waals surface area contributed by atoms with Gasteiger partial charge < -0.3 is 10.6 Å². The summed E-state index contributed by atoms with van der Waals surface area (Å²) in [6.45, 7) is 6.92. The fourth-order valence-corrected chi connectivity index (χ4v) is 4.15. The Morgan fingerprint density at radius 3 is 2.85 bits per heavy atom. The third-order valence-corrected chi connectivity index (χ3v) is 5.52. The second-order valence-corrected chi connectivity index (χ2v) is 6.59. The quantitative estimate of drug-likeness (QED) is 0.878. The Kier molecular flexibility index (Phi) is 4.42. The highest BCUT2D eigenvalue weighted by Crippen LogP contribution is 2.36. The van der Waals surface area contributed by atoms with Crippen LogP contribution in [0.5, 0.6) is 0 Å².